The van der Waals surface area contributed by atoms with Gasteiger partial charge in [0.25, 0.3) is 0 Å². The van der Waals surface area contributed by atoms with Crippen LogP contribution in [0.25, 0.3) is 0 Å². The molecular weight excluding hydrogens is 218 g/mol. The van der Waals surface area contributed by atoms with E-state index in [0.717, 1.165) is 32.4 Å². The molecule has 0 aliphatic carbocycles. The highest BCUT2D eigenvalue weighted by Gasteiger charge is 2.20. The number of rotatable bonds is 6. The maximum absolute atomic E-state index is 11.7. The Bertz CT molecular complexity index is 211. The molecule has 1 saturated heterocycles. The number of hydrogen-bond acceptors (Lipinski definition) is 4. The highest BCUT2D eigenvalue weighted by atomic mass is 16.6. The lowest BCUT2D eigenvalue weighted by atomic mass is 10.1. The maximum Gasteiger partial charge on any atom is 0.323 e. The number of hydrogen-bond donors (Lipinski definition) is 1. The Labute approximate surface area is 104 Å². The molecule has 4 nitrogen and oxygen atoms in total. The van der Waals surface area contributed by atoms with E-state index in [-0.39, 0.29) is 12.0 Å². The van der Waals surface area contributed by atoms with Crippen LogP contribution < -0.4 is 5.32 Å². The van der Waals surface area contributed by atoms with Gasteiger partial charge in [-0.25, -0.2) is 0 Å². The van der Waals surface area contributed by atoms with Crippen molar-refractivity contribution in [1.29, 1.82) is 0 Å². The first-order chi connectivity index (χ1) is 8.20. The van der Waals surface area contributed by atoms with Crippen molar-refractivity contribution in [1.82, 2.24) is 5.32 Å². The maximum atomic E-state index is 11.7. The van der Waals surface area contributed by atoms with E-state index < -0.39 is 0 Å². The van der Waals surface area contributed by atoms with Gasteiger partial charge in [-0.2, -0.15) is 0 Å². The predicted octanol–water partition coefficient (Wildman–Crippen LogP) is 1.73. The normalized spacial score (nSPS) is 21.2. The van der Waals surface area contributed by atoms with E-state index in [9.17, 15) is 4.79 Å². The minimum absolute atomic E-state index is 0.109. The molecule has 1 unspecified atom stereocenters. The zero-order chi connectivity index (χ0) is 12.5. The van der Waals surface area contributed by atoms with Gasteiger partial charge in [0.2, 0.25) is 0 Å². The second-order valence-corrected chi connectivity index (χ2v) is 4.99. The number of carbonyl (C=O) groups is 1. The Morgan fingerprint density at radius 3 is 2.88 bits per heavy atom. The third-order valence-corrected chi connectivity index (χ3v) is 2.77. The van der Waals surface area contributed by atoms with E-state index in [0.29, 0.717) is 19.1 Å². The highest BCUT2D eigenvalue weighted by Crippen LogP contribution is 2.09. The van der Waals surface area contributed by atoms with Gasteiger partial charge in [-0.3, -0.25) is 4.79 Å². The van der Waals surface area contributed by atoms with Gasteiger partial charge >= 0.3 is 5.97 Å². The van der Waals surface area contributed by atoms with Crippen LogP contribution in [-0.2, 0) is 14.3 Å². The van der Waals surface area contributed by atoms with Gasteiger partial charge in [0.1, 0.15) is 12.6 Å². The Kier molecular flexibility index (Phi) is 7.21. The molecule has 1 aliphatic rings. The van der Waals surface area contributed by atoms with E-state index in [2.05, 4.69) is 19.2 Å². The van der Waals surface area contributed by atoms with Crippen molar-refractivity contribution in [3.63, 3.8) is 0 Å². The van der Waals surface area contributed by atoms with Crippen molar-refractivity contribution in [2.45, 2.75) is 45.6 Å². The van der Waals surface area contributed by atoms with Gasteiger partial charge in [0.15, 0.2) is 0 Å². The van der Waals surface area contributed by atoms with Crippen LogP contribution in [-0.4, -0.2) is 38.4 Å². The first-order valence-corrected chi connectivity index (χ1v) is 6.68. The van der Waals surface area contributed by atoms with Crippen molar-refractivity contribution in [2.24, 2.45) is 5.92 Å². The molecule has 100 valence electrons. The van der Waals surface area contributed by atoms with Gasteiger partial charge in [-0.05, 0) is 25.3 Å². The van der Waals surface area contributed by atoms with E-state index in [1.807, 2.05) is 0 Å². The van der Waals surface area contributed by atoms with Gasteiger partial charge in [-0.15, -0.1) is 0 Å². The molecule has 1 fully saturated rings. The molecule has 0 aromatic carbocycles. The summed E-state index contributed by atoms with van der Waals surface area (Å²) >= 11 is 0. The quantitative estimate of drug-likeness (QED) is 0.570. The fraction of sp³-hybridized carbons (Fsp3) is 0.923. The van der Waals surface area contributed by atoms with Gasteiger partial charge < -0.3 is 14.8 Å². The summed E-state index contributed by atoms with van der Waals surface area (Å²) < 4.78 is 10.6. The summed E-state index contributed by atoms with van der Waals surface area (Å²) in [4.78, 5) is 11.7. The first-order valence-electron chi connectivity index (χ1n) is 6.68. The summed E-state index contributed by atoms with van der Waals surface area (Å²) in [6, 6.07) is -0.109. The van der Waals surface area contributed by atoms with Gasteiger partial charge in [0.05, 0.1) is 6.61 Å². The predicted molar refractivity (Wildman–Crippen MR) is 66.9 cm³/mol. The molecule has 1 rings (SSSR count). The summed E-state index contributed by atoms with van der Waals surface area (Å²) in [6.07, 6.45) is 4.36. The molecule has 0 spiro atoms. The van der Waals surface area contributed by atoms with E-state index in [1.165, 1.54) is 6.42 Å². The summed E-state index contributed by atoms with van der Waals surface area (Å²) in [6.45, 7) is 6.70. The van der Waals surface area contributed by atoms with Crippen LogP contribution >= 0.6 is 0 Å². The van der Waals surface area contributed by atoms with E-state index in [4.69, 9.17) is 9.47 Å². The topological polar surface area (TPSA) is 47.6 Å². The van der Waals surface area contributed by atoms with Crippen molar-refractivity contribution < 1.29 is 14.3 Å². The number of carbonyl (C=O) groups excluding carboxylic acids is 1. The molecule has 0 bridgehead atoms. The molecule has 0 aromatic rings. The molecule has 17 heavy (non-hydrogen) atoms. The smallest absolute Gasteiger partial charge is 0.323 e. The molecule has 0 saturated carbocycles. The monoisotopic (exact) mass is 243 g/mol. The molecule has 0 aromatic heterocycles. The van der Waals surface area contributed by atoms with Crippen LogP contribution in [0.4, 0.5) is 0 Å². The van der Waals surface area contributed by atoms with Crippen molar-refractivity contribution in [2.75, 3.05) is 26.4 Å². The number of esters is 1. The van der Waals surface area contributed by atoms with Crippen LogP contribution in [0.3, 0.4) is 0 Å². The zero-order valence-corrected chi connectivity index (χ0v) is 11.0. The van der Waals surface area contributed by atoms with Crippen molar-refractivity contribution in [3.8, 4) is 0 Å². The van der Waals surface area contributed by atoms with Crippen LogP contribution in [0.5, 0.6) is 0 Å². The van der Waals surface area contributed by atoms with Crippen LogP contribution in [0.1, 0.15) is 39.5 Å². The molecule has 1 atom stereocenters. The van der Waals surface area contributed by atoms with E-state index >= 15 is 0 Å². The summed E-state index contributed by atoms with van der Waals surface area (Å²) in [5.41, 5.74) is 0. The Balaban J connectivity index is 2.07. The van der Waals surface area contributed by atoms with Crippen LogP contribution in [0, 0.1) is 5.92 Å². The first kappa shape index (κ1) is 14.5. The van der Waals surface area contributed by atoms with Gasteiger partial charge in [0, 0.05) is 6.61 Å². The minimum Gasteiger partial charge on any atom is -0.462 e. The lowest BCUT2D eigenvalue weighted by Gasteiger charge is -2.14. The molecule has 4 heteroatoms. The highest BCUT2D eigenvalue weighted by molar-refractivity contribution is 5.75. The minimum atomic E-state index is -0.125. The van der Waals surface area contributed by atoms with Crippen molar-refractivity contribution >= 4 is 5.97 Å². The fourth-order valence-corrected chi connectivity index (χ4v) is 1.85. The van der Waals surface area contributed by atoms with E-state index in [1.54, 1.807) is 0 Å². The average Bonchev–Trinajstić information content (AvgIpc) is 2.56. The lowest BCUT2D eigenvalue weighted by Crippen LogP contribution is -2.37. The largest absolute Gasteiger partial charge is 0.462 e. The Morgan fingerprint density at radius 2 is 2.12 bits per heavy atom. The SMILES string of the molecule is CC(C)COCCOC(=O)C1CCCCCN1. The third-order valence-electron chi connectivity index (χ3n) is 2.77. The molecule has 0 amide bonds. The second kappa shape index (κ2) is 8.48. The van der Waals surface area contributed by atoms with Crippen molar-refractivity contribution in [3.05, 3.63) is 0 Å². The summed E-state index contributed by atoms with van der Waals surface area (Å²) in [5, 5.41) is 3.23. The van der Waals surface area contributed by atoms with Crippen LogP contribution in [0.2, 0.25) is 0 Å². The Hall–Kier alpha value is -0.610. The fourth-order valence-electron chi connectivity index (χ4n) is 1.85. The molecular formula is C13H25NO3. The van der Waals surface area contributed by atoms with Gasteiger partial charge in [-0.1, -0.05) is 26.7 Å². The molecule has 1 aliphatic heterocycles. The molecule has 1 N–H and O–H groups in total. The number of ether oxygens (including phenoxy) is 2. The zero-order valence-electron chi connectivity index (χ0n) is 11.0. The Morgan fingerprint density at radius 1 is 1.29 bits per heavy atom. The molecule has 1 heterocycles. The van der Waals surface area contributed by atoms with Crippen LogP contribution in [0.15, 0.2) is 0 Å². The third kappa shape index (κ3) is 6.64. The second-order valence-electron chi connectivity index (χ2n) is 4.99. The summed E-state index contributed by atoms with van der Waals surface area (Å²) in [5.74, 6) is 0.397. The standard InChI is InChI=1S/C13H25NO3/c1-11(2)10-16-8-9-17-13(15)12-6-4-3-5-7-14-12/h11-12,14H,3-10H2,1-2H3. The number of nitrogens with one attached hydrogen (secondary N) is 1. The lowest BCUT2D eigenvalue weighted by molar-refractivity contribution is -0.147. The molecule has 0 radical (unpaired) electrons. The average molecular weight is 243 g/mol. The summed E-state index contributed by atoms with van der Waals surface area (Å²) in [7, 11) is 0.